The number of aromatic nitrogens is 1. The lowest BCUT2D eigenvalue weighted by molar-refractivity contribution is -0.118. The number of anilines is 1. The second-order valence-electron chi connectivity index (χ2n) is 5.82. The summed E-state index contributed by atoms with van der Waals surface area (Å²) in [5.74, 6) is 0.0886. The highest BCUT2D eigenvalue weighted by Crippen LogP contribution is 2.48. The molecule has 0 aliphatic heterocycles. The molecular formula is C19H16N2OS. The highest BCUT2D eigenvalue weighted by atomic mass is 32.1. The van der Waals surface area contributed by atoms with E-state index in [4.69, 9.17) is 0 Å². The summed E-state index contributed by atoms with van der Waals surface area (Å²) in [5.41, 5.74) is 2.67. The number of benzene rings is 2. The number of carbonyl (C=O) groups excluding carboxylic acids is 1. The van der Waals surface area contributed by atoms with Gasteiger partial charge in [-0.15, -0.1) is 11.3 Å². The van der Waals surface area contributed by atoms with Crippen LogP contribution < -0.4 is 5.32 Å². The van der Waals surface area contributed by atoms with Crippen LogP contribution in [0.5, 0.6) is 0 Å². The van der Waals surface area contributed by atoms with Gasteiger partial charge >= 0.3 is 0 Å². The molecule has 0 atom stereocenters. The highest BCUT2D eigenvalue weighted by Gasteiger charge is 2.51. The molecular weight excluding hydrogens is 304 g/mol. The minimum absolute atomic E-state index is 0.0886. The van der Waals surface area contributed by atoms with Gasteiger partial charge in [0.2, 0.25) is 5.91 Å². The van der Waals surface area contributed by atoms with Gasteiger partial charge in [-0.05, 0) is 42.7 Å². The Hall–Kier alpha value is -2.46. The van der Waals surface area contributed by atoms with Crippen molar-refractivity contribution in [1.29, 1.82) is 0 Å². The number of thiazole rings is 1. The number of nitrogens with zero attached hydrogens (tertiary/aromatic N) is 1. The number of amides is 1. The SMILES string of the molecule is O=C(Nc1ccc(-c2nccs2)cc1)C1(c2ccccc2)CC1. The third kappa shape index (κ3) is 2.66. The standard InChI is InChI=1S/C19H16N2OS/c22-18(19(10-11-19)15-4-2-1-3-5-15)21-16-8-6-14(7-9-16)17-20-12-13-23-17/h1-9,12-13H,10-11H2,(H,21,22). The van der Waals surface area contributed by atoms with Crippen molar-refractivity contribution < 1.29 is 4.79 Å². The minimum Gasteiger partial charge on any atom is -0.325 e. The van der Waals surface area contributed by atoms with Crippen LogP contribution in [0.25, 0.3) is 10.6 Å². The molecule has 23 heavy (non-hydrogen) atoms. The van der Waals surface area contributed by atoms with Crippen molar-refractivity contribution in [2.75, 3.05) is 5.32 Å². The van der Waals surface area contributed by atoms with Crippen molar-refractivity contribution in [2.45, 2.75) is 18.3 Å². The first kappa shape index (κ1) is 14.2. The second-order valence-corrected chi connectivity index (χ2v) is 6.71. The number of rotatable bonds is 4. The van der Waals surface area contributed by atoms with Crippen LogP contribution in [-0.2, 0) is 10.2 Å². The van der Waals surface area contributed by atoms with Crippen LogP contribution in [0.3, 0.4) is 0 Å². The summed E-state index contributed by atoms with van der Waals surface area (Å²) in [6, 6.07) is 17.9. The summed E-state index contributed by atoms with van der Waals surface area (Å²) in [6.07, 6.45) is 3.63. The molecule has 114 valence electrons. The van der Waals surface area contributed by atoms with Gasteiger partial charge < -0.3 is 5.32 Å². The largest absolute Gasteiger partial charge is 0.325 e. The van der Waals surface area contributed by atoms with E-state index in [9.17, 15) is 4.79 Å². The van der Waals surface area contributed by atoms with Crippen LogP contribution in [0.4, 0.5) is 5.69 Å². The molecule has 1 amide bonds. The van der Waals surface area contributed by atoms with E-state index in [0.29, 0.717) is 0 Å². The van der Waals surface area contributed by atoms with Crippen molar-refractivity contribution in [3.63, 3.8) is 0 Å². The smallest absolute Gasteiger partial charge is 0.235 e. The molecule has 0 unspecified atom stereocenters. The second kappa shape index (κ2) is 5.63. The Morgan fingerprint density at radius 2 is 1.78 bits per heavy atom. The lowest BCUT2D eigenvalue weighted by atomic mass is 9.95. The molecule has 3 nitrogen and oxygen atoms in total. The van der Waals surface area contributed by atoms with Crippen LogP contribution >= 0.6 is 11.3 Å². The molecule has 1 heterocycles. The molecule has 1 aliphatic carbocycles. The summed E-state index contributed by atoms with van der Waals surface area (Å²) < 4.78 is 0. The molecule has 1 aromatic heterocycles. The molecule has 0 radical (unpaired) electrons. The molecule has 0 spiro atoms. The van der Waals surface area contributed by atoms with E-state index < -0.39 is 0 Å². The van der Waals surface area contributed by atoms with E-state index in [0.717, 1.165) is 34.7 Å². The average Bonchev–Trinajstić information content (AvgIpc) is 3.24. The molecule has 1 fully saturated rings. The third-order valence-corrected chi connectivity index (χ3v) is 5.16. The molecule has 1 saturated carbocycles. The first-order valence-electron chi connectivity index (χ1n) is 7.65. The Morgan fingerprint density at radius 1 is 1.04 bits per heavy atom. The summed E-state index contributed by atoms with van der Waals surface area (Å²) in [5, 5.41) is 6.01. The zero-order chi connectivity index (χ0) is 15.7. The number of carbonyl (C=O) groups is 1. The topological polar surface area (TPSA) is 42.0 Å². The van der Waals surface area contributed by atoms with Crippen molar-refractivity contribution in [3.8, 4) is 10.6 Å². The van der Waals surface area contributed by atoms with Gasteiger partial charge in [0.1, 0.15) is 5.01 Å². The van der Waals surface area contributed by atoms with E-state index >= 15 is 0 Å². The maximum Gasteiger partial charge on any atom is 0.235 e. The van der Waals surface area contributed by atoms with Gasteiger partial charge in [-0.3, -0.25) is 4.79 Å². The summed E-state index contributed by atoms with van der Waals surface area (Å²) in [6.45, 7) is 0. The van der Waals surface area contributed by atoms with Crippen molar-refractivity contribution in [1.82, 2.24) is 4.98 Å². The van der Waals surface area contributed by atoms with Crippen LogP contribution in [-0.4, -0.2) is 10.9 Å². The molecule has 2 aromatic carbocycles. The molecule has 1 N–H and O–H groups in total. The van der Waals surface area contributed by atoms with Crippen LogP contribution in [0, 0.1) is 0 Å². The number of hydrogen-bond acceptors (Lipinski definition) is 3. The quantitative estimate of drug-likeness (QED) is 0.770. The summed E-state index contributed by atoms with van der Waals surface area (Å²) >= 11 is 1.61. The average molecular weight is 320 g/mol. The predicted octanol–water partition coefficient (Wildman–Crippen LogP) is 4.48. The Kier molecular flexibility index (Phi) is 3.46. The highest BCUT2D eigenvalue weighted by molar-refractivity contribution is 7.13. The fourth-order valence-electron chi connectivity index (χ4n) is 2.84. The maximum absolute atomic E-state index is 12.7. The molecule has 0 saturated heterocycles. The van der Waals surface area contributed by atoms with Crippen LogP contribution in [0.1, 0.15) is 18.4 Å². The molecule has 1 aliphatic rings. The fourth-order valence-corrected chi connectivity index (χ4v) is 3.49. The monoisotopic (exact) mass is 320 g/mol. The van der Waals surface area contributed by atoms with Crippen molar-refractivity contribution in [3.05, 3.63) is 71.7 Å². The van der Waals surface area contributed by atoms with Gasteiger partial charge in [-0.1, -0.05) is 30.3 Å². The van der Waals surface area contributed by atoms with E-state index in [-0.39, 0.29) is 11.3 Å². The normalized spacial score (nSPS) is 15.1. The van der Waals surface area contributed by atoms with E-state index in [1.807, 2.05) is 60.0 Å². The van der Waals surface area contributed by atoms with Gasteiger partial charge in [0.15, 0.2) is 0 Å². The van der Waals surface area contributed by atoms with Gasteiger partial charge in [-0.25, -0.2) is 4.98 Å². The zero-order valence-corrected chi connectivity index (χ0v) is 13.3. The Bertz CT molecular complexity index is 806. The maximum atomic E-state index is 12.7. The molecule has 0 bridgehead atoms. The number of hydrogen-bond donors (Lipinski definition) is 1. The predicted molar refractivity (Wildman–Crippen MR) is 93.5 cm³/mol. The third-order valence-electron chi connectivity index (χ3n) is 4.33. The molecule has 4 heteroatoms. The van der Waals surface area contributed by atoms with Gasteiger partial charge in [-0.2, -0.15) is 0 Å². The summed E-state index contributed by atoms with van der Waals surface area (Å²) in [4.78, 5) is 17.0. The van der Waals surface area contributed by atoms with Crippen LogP contribution in [0.2, 0.25) is 0 Å². The zero-order valence-electron chi connectivity index (χ0n) is 12.5. The van der Waals surface area contributed by atoms with E-state index in [1.54, 1.807) is 17.5 Å². The van der Waals surface area contributed by atoms with Gasteiger partial charge in [0, 0.05) is 22.8 Å². The van der Waals surface area contributed by atoms with Crippen LogP contribution in [0.15, 0.2) is 66.2 Å². The Morgan fingerprint density at radius 3 is 2.39 bits per heavy atom. The lowest BCUT2D eigenvalue weighted by Crippen LogP contribution is -2.27. The fraction of sp³-hybridized carbons (Fsp3) is 0.158. The first-order valence-corrected chi connectivity index (χ1v) is 8.53. The molecule has 3 aromatic rings. The first-order chi connectivity index (χ1) is 11.3. The minimum atomic E-state index is -0.338. The summed E-state index contributed by atoms with van der Waals surface area (Å²) in [7, 11) is 0. The molecule has 4 rings (SSSR count). The van der Waals surface area contributed by atoms with Crippen molar-refractivity contribution >= 4 is 22.9 Å². The lowest BCUT2D eigenvalue weighted by Gasteiger charge is -2.16. The van der Waals surface area contributed by atoms with Crippen molar-refractivity contribution in [2.24, 2.45) is 0 Å². The van der Waals surface area contributed by atoms with Gasteiger partial charge in [0.25, 0.3) is 0 Å². The van der Waals surface area contributed by atoms with Gasteiger partial charge in [0.05, 0.1) is 5.41 Å². The number of nitrogens with one attached hydrogen (secondary N) is 1. The Labute approximate surface area is 139 Å². The Balaban J connectivity index is 1.51. The van der Waals surface area contributed by atoms with E-state index in [2.05, 4.69) is 10.3 Å². The van der Waals surface area contributed by atoms with E-state index in [1.165, 1.54) is 0 Å².